The van der Waals surface area contributed by atoms with Gasteiger partial charge in [-0.05, 0) is 0 Å². The van der Waals surface area contributed by atoms with Gasteiger partial charge in [-0.15, -0.1) is 11.3 Å². The van der Waals surface area contributed by atoms with Gasteiger partial charge in [-0.3, -0.25) is 4.68 Å². The third-order valence-electron chi connectivity index (χ3n) is 1.82. The molecule has 0 atom stereocenters. The summed E-state index contributed by atoms with van der Waals surface area (Å²) in [6.45, 7) is 0. The van der Waals surface area contributed by atoms with Crippen LogP contribution in [0.2, 0.25) is 0 Å². The van der Waals surface area contributed by atoms with Crippen LogP contribution in [0.5, 0.6) is 0 Å². The van der Waals surface area contributed by atoms with Crippen molar-refractivity contribution in [2.24, 2.45) is 0 Å². The Labute approximate surface area is 76.8 Å². The van der Waals surface area contributed by atoms with E-state index in [2.05, 4.69) is 15.0 Å². The highest BCUT2D eigenvalue weighted by Crippen LogP contribution is 2.28. The number of imidazole rings is 1. The third-order valence-corrected chi connectivity index (χ3v) is 2.83. The van der Waals surface area contributed by atoms with Gasteiger partial charge < -0.3 is 5.84 Å². The van der Waals surface area contributed by atoms with E-state index in [1.807, 2.05) is 6.20 Å². The highest BCUT2D eigenvalue weighted by molar-refractivity contribution is 7.25. The van der Waals surface area contributed by atoms with Gasteiger partial charge >= 0.3 is 0 Å². The summed E-state index contributed by atoms with van der Waals surface area (Å²) in [6, 6.07) is 0. The maximum atomic E-state index is 5.53. The highest BCUT2D eigenvalue weighted by atomic mass is 32.1. The molecule has 6 heteroatoms. The lowest BCUT2D eigenvalue weighted by Gasteiger charge is -1.94. The molecule has 0 aliphatic carbocycles. The molecule has 3 aromatic rings. The van der Waals surface area contributed by atoms with Gasteiger partial charge in [0.15, 0.2) is 0 Å². The van der Waals surface area contributed by atoms with Crippen molar-refractivity contribution < 1.29 is 0 Å². The van der Waals surface area contributed by atoms with Gasteiger partial charge in [0.05, 0.1) is 4.70 Å². The van der Waals surface area contributed by atoms with Gasteiger partial charge in [-0.1, -0.05) is 0 Å². The van der Waals surface area contributed by atoms with Gasteiger partial charge in [-0.25, -0.2) is 15.0 Å². The molecular weight excluding hydrogens is 186 g/mol. The van der Waals surface area contributed by atoms with Crippen LogP contribution in [0.25, 0.3) is 20.6 Å². The Morgan fingerprint density at radius 1 is 1.23 bits per heavy atom. The summed E-state index contributed by atoms with van der Waals surface area (Å²) in [4.78, 5) is 13.3. The molecule has 0 unspecified atom stereocenters. The van der Waals surface area contributed by atoms with Crippen molar-refractivity contribution in [2.75, 3.05) is 5.84 Å². The average molecular weight is 191 g/mol. The van der Waals surface area contributed by atoms with Gasteiger partial charge in [0.2, 0.25) is 0 Å². The molecule has 0 saturated heterocycles. The lowest BCUT2D eigenvalue weighted by Crippen LogP contribution is -2.07. The molecule has 0 bridgehead atoms. The average Bonchev–Trinajstić information content (AvgIpc) is 2.62. The molecule has 0 aliphatic heterocycles. The van der Waals surface area contributed by atoms with Crippen LogP contribution >= 0.6 is 11.3 Å². The molecule has 3 aromatic heterocycles. The fraction of sp³-hybridized carbons (Fsp3) is 0. The minimum absolute atomic E-state index is 0.862. The van der Waals surface area contributed by atoms with Crippen LogP contribution in [0.1, 0.15) is 0 Å². The number of hydrogen-bond acceptors (Lipinski definition) is 5. The Kier molecular flexibility index (Phi) is 1.13. The monoisotopic (exact) mass is 191 g/mol. The molecule has 64 valence electrons. The second-order valence-electron chi connectivity index (χ2n) is 2.66. The van der Waals surface area contributed by atoms with Gasteiger partial charge in [0, 0.05) is 6.20 Å². The lowest BCUT2D eigenvalue weighted by molar-refractivity contribution is 0.960. The molecule has 0 spiro atoms. The first-order valence-corrected chi connectivity index (χ1v) is 4.48. The second-order valence-corrected chi connectivity index (χ2v) is 3.69. The van der Waals surface area contributed by atoms with Crippen LogP contribution < -0.4 is 5.84 Å². The lowest BCUT2D eigenvalue weighted by atomic mass is 10.4. The zero-order valence-corrected chi connectivity index (χ0v) is 7.32. The van der Waals surface area contributed by atoms with E-state index in [0.717, 1.165) is 20.6 Å². The number of fused-ring (bicyclic) bond motifs is 3. The van der Waals surface area contributed by atoms with Crippen molar-refractivity contribution >= 4 is 31.9 Å². The largest absolute Gasteiger partial charge is 0.338 e. The van der Waals surface area contributed by atoms with Crippen LogP contribution in [0.3, 0.4) is 0 Å². The molecule has 0 saturated carbocycles. The molecule has 3 heterocycles. The minimum atomic E-state index is 0.862. The number of aromatic nitrogens is 4. The van der Waals surface area contributed by atoms with Crippen LogP contribution in [0.15, 0.2) is 18.9 Å². The predicted molar refractivity (Wildman–Crippen MR) is 50.9 cm³/mol. The van der Waals surface area contributed by atoms with Crippen molar-refractivity contribution in [3.8, 4) is 0 Å². The van der Waals surface area contributed by atoms with E-state index >= 15 is 0 Å². The van der Waals surface area contributed by atoms with Crippen molar-refractivity contribution in [1.29, 1.82) is 0 Å². The number of nitrogens with zero attached hydrogens (tertiary/aromatic N) is 4. The second kappa shape index (κ2) is 2.17. The molecule has 0 aliphatic rings. The van der Waals surface area contributed by atoms with Gasteiger partial charge in [0.1, 0.15) is 28.5 Å². The smallest absolute Gasteiger partial charge is 0.146 e. The standard InChI is InChI=1S/C7H5N5S/c8-12-1-4-5(11-3-12)6-7(13-4)10-2-9-6/h1-3H,8H2. The number of rotatable bonds is 0. The number of thiophene rings is 1. The van der Waals surface area contributed by atoms with Crippen LogP contribution in [0.4, 0.5) is 0 Å². The first-order valence-electron chi connectivity index (χ1n) is 3.67. The van der Waals surface area contributed by atoms with Gasteiger partial charge in [0.25, 0.3) is 0 Å². The Hall–Kier alpha value is -1.69. The SMILES string of the molecule is Nn1cnc2c(c1)sc1ncnc12. The van der Waals surface area contributed by atoms with Crippen molar-refractivity contribution in [3.05, 3.63) is 18.9 Å². The third kappa shape index (κ3) is 0.829. The zero-order chi connectivity index (χ0) is 8.84. The summed E-state index contributed by atoms with van der Waals surface area (Å²) < 4.78 is 2.44. The highest BCUT2D eigenvalue weighted by Gasteiger charge is 2.08. The number of hydrogen-bond donors (Lipinski definition) is 1. The molecular formula is C7H5N5S. The van der Waals surface area contributed by atoms with Crippen molar-refractivity contribution in [1.82, 2.24) is 19.6 Å². The van der Waals surface area contributed by atoms with E-state index < -0.39 is 0 Å². The Balaban J connectivity index is 2.59. The molecule has 0 amide bonds. The van der Waals surface area contributed by atoms with E-state index in [-0.39, 0.29) is 0 Å². The normalized spacial score (nSPS) is 11.4. The summed E-state index contributed by atoms with van der Waals surface area (Å²) in [5, 5.41) is 0. The zero-order valence-electron chi connectivity index (χ0n) is 6.51. The summed E-state index contributed by atoms with van der Waals surface area (Å²) in [6.07, 6.45) is 4.92. The maximum absolute atomic E-state index is 5.53. The Morgan fingerprint density at radius 2 is 2.15 bits per heavy atom. The molecule has 2 N–H and O–H groups in total. The summed E-state index contributed by atoms with van der Waals surface area (Å²) >= 11 is 1.55. The first kappa shape index (κ1) is 6.79. The fourth-order valence-corrected chi connectivity index (χ4v) is 2.24. The summed E-state index contributed by atoms with van der Waals surface area (Å²) in [7, 11) is 0. The fourth-order valence-electron chi connectivity index (χ4n) is 1.27. The summed E-state index contributed by atoms with van der Waals surface area (Å²) in [5.74, 6) is 5.53. The molecule has 0 aromatic carbocycles. The topological polar surface area (TPSA) is 69.6 Å². The Morgan fingerprint density at radius 3 is 3.08 bits per heavy atom. The molecule has 3 rings (SSSR count). The maximum Gasteiger partial charge on any atom is 0.146 e. The molecule has 0 fully saturated rings. The number of nitrogen functional groups attached to an aromatic ring is 1. The Bertz CT molecular complexity index is 581. The van der Waals surface area contributed by atoms with E-state index in [0.29, 0.717) is 0 Å². The molecule has 5 nitrogen and oxygen atoms in total. The van der Waals surface area contributed by atoms with E-state index in [1.165, 1.54) is 4.68 Å². The van der Waals surface area contributed by atoms with E-state index in [9.17, 15) is 0 Å². The first-order chi connectivity index (χ1) is 6.34. The number of nitrogens with two attached hydrogens (primary N) is 1. The van der Waals surface area contributed by atoms with E-state index in [4.69, 9.17) is 5.84 Å². The van der Waals surface area contributed by atoms with Crippen molar-refractivity contribution in [2.45, 2.75) is 0 Å². The quantitative estimate of drug-likeness (QED) is 0.532. The van der Waals surface area contributed by atoms with Gasteiger partial charge in [-0.2, -0.15) is 0 Å². The van der Waals surface area contributed by atoms with Crippen molar-refractivity contribution in [3.63, 3.8) is 0 Å². The summed E-state index contributed by atoms with van der Waals surface area (Å²) in [5.41, 5.74) is 1.74. The van der Waals surface area contributed by atoms with Crippen LogP contribution in [0, 0.1) is 0 Å². The predicted octanol–water partition coefficient (Wildman–Crippen LogP) is 0.755. The van der Waals surface area contributed by atoms with E-state index in [1.54, 1.807) is 24.0 Å². The van der Waals surface area contributed by atoms with Crippen LogP contribution in [-0.4, -0.2) is 19.6 Å². The minimum Gasteiger partial charge on any atom is -0.338 e. The van der Waals surface area contributed by atoms with Crippen LogP contribution in [-0.2, 0) is 0 Å². The molecule has 0 radical (unpaired) electrons. The molecule has 13 heavy (non-hydrogen) atoms.